The van der Waals surface area contributed by atoms with Gasteiger partial charge >= 0.3 is 0 Å². The van der Waals surface area contributed by atoms with Crippen molar-refractivity contribution in [3.63, 3.8) is 0 Å². The van der Waals surface area contributed by atoms with Crippen molar-refractivity contribution in [3.8, 4) is 0 Å². The molecule has 39 heavy (non-hydrogen) atoms. The molecular formula is C31H56N2O6. The summed E-state index contributed by atoms with van der Waals surface area (Å²) in [7, 11) is 0. The van der Waals surface area contributed by atoms with E-state index in [9.17, 15) is 9.59 Å². The van der Waals surface area contributed by atoms with Gasteiger partial charge < -0.3 is 10.2 Å². The molecule has 2 fully saturated rings. The van der Waals surface area contributed by atoms with Crippen molar-refractivity contribution in [2.75, 3.05) is 26.3 Å². The molecule has 0 unspecified atom stereocenters. The van der Waals surface area contributed by atoms with Crippen molar-refractivity contribution in [2.45, 2.75) is 125 Å². The van der Waals surface area contributed by atoms with Gasteiger partial charge in [0.1, 0.15) is 13.2 Å². The van der Waals surface area contributed by atoms with Crippen molar-refractivity contribution in [3.05, 3.63) is 24.3 Å². The number of amides is 2. The van der Waals surface area contributed by atoms with Crippen molar-refractivity contribution in [2.24, 2.45) is 10.8 Å². The van der Waals surface area contributed by atoms with E-state index >= 15 is 0 Å². The number of carbonyl (C=O) groups is 2. The van der Waals surface area contributed by atoms with Crippen LogP contribution in [0.1, 0.15) is 107 Å². The lowest BCUT2D eigenvalue weighted by molar-refractivity contribution is -0.323. The third-order valence-electron chi connectivity index (χ3n) is 7.72. The SMILES string of the molecule is C=C(C)COOC1CCC(NC(=O)C(C)(C)CC)CC1.C=C(C)COOC1CCN(C(=O)C(C)(C)CC)CC1. The predicted molar refractivity (Wildman–Crippen MR) is 156 cm³/mol. The molecule has 0 aromatic carbocycles. The summed E-state index contributed by atoms with van der Waals surface area (Å²) >= 11 is 0. The minimum absolute atomic E-state index is 0.0909. The second-order valence-corrected chi connectivity index (χ2v) is 12.5. The summed E-state index contributed by atoms with van der Waals surface area (Å²) < 4.78 is 0. The molecule has 1 saturated carbocycles. The van der Waals surface area contributed by atoms with Gasteiger partial charge in [-0.1, -0.05) is 65.8 Å². The summed E-state index contributed by atoms with van der Waals surface area (Å²) in [6.45, 7) is 25.8. The van der Waals surface area contributed by atoms with Crippen molar-refractivity contribution >= 4 is 11.8 Å². The standard InChI is InChI=1S/C16H29NO3.C15H27NO3/c1-6-16(4,5)15(18)17-13-7-9-14(10-8-13)20-19-11-12(2)3;1-6-15(4,5)14(17)16-9-7-13(8-10-16)19-18-11-12(2)3/h13-14H,2,6-11H2,1,3-5H3,(H,17,18);13H,2,6-11H2,1,3-5H3. The molecule has 2 amide bonds. The van der Waals surface area contributed by atoms with E-state index in [2.05, 4.69) is 25.4 Å². The van der Waals surface area contributed by atoms with Gasteiger partial charge in [0.25, 0.3) is 0 Å². The maximum atomic E-state index is 12.3. The monoisotopic (exact) mass is 552 g/mol. The highest BCUT2D eigenvalue weighted by molar-refractivity contribution is 5.82. The number of nitrogens with one attached hydrogen (secondary N) is 1. The lowest BCUT2D eigenvalue weighted by Crippen LogP contribution is -2.46. The smallest absolute Gasteiger partial charge is 0.228 e. The highest BCUT2D eigenvalue weighted by atomic mass is 17.2. The first kappa shape index (κ1) is 35.3. The molecule has 0 aromatic heterocycles. The Labute approximate surface area is 237 Å². The molecule has 0 radical (unpaired) electrons. The Hall–Kier alpha value is -1.74. The first-order valence-corrected chi connectivity index (χ1v) is 14.7. The molecule has 8 nitrogen and oxygen atoms in total. The second kappa shape index (κ2) is 17.2. The van der Waals surface area contributed by atoms with Gasteiger partial charge in [-0.3, -0.25) is 9.59 Å². The van der Waals surface area contributed by atoms with E-state index in [4.69, 9.17) is 19.6 Å². The molecule has 1 saturated heterocycles. The van der Waals surface area contributed by atoms with Gasteiger partial charge in [-0.25, -0.2) is 19.6 Å². The van der Waals surface area contributed by atoms with Crippen LogP contribution >= 0.6 is 0 Å². The minimum Gasteiger partial charge on any atom is -0.353 e. The second-order valence-electron chi connectivity index (χ2n) is 12.5. The summed E-state index contributed by atoms with van der Waals surface area (Å²) in [6.07, 6.45) is 7.37. The molecule has 1 N–H and O–H groups in total. The fourth-order valence-corrected chi connectivity index (χ4v) is 4.04. The van der Waals surface area contributed by atoms with Crippen molar-refractivity contribution in [1.29, 1.82) is 0 Å². The third-order valence-corrected chi connectivity index (χ3v) is 7.72. The van der Waals surface area contributed by atoms with Crippen LogP contribution in [0.25, 0.3) is 0 Å². The van der Waals surface area contributed by atoms with E-state index in [-0.39, 0.29) is 40.9 Å². The molecule has 1 aliphatic heterocycles. The van der Waals surface area contributed by atoms with Gasteiger partial charge in [-0.2, -0.15) is 0 Å². The molecule has 0 spiro atoms. The van der Waals surface area contributed by atoms with Crippen molar-refractivity contribution < 1.29 is 29.1 Å². The van der Waals surface area contributed by atoms with Crippen LogP contribution in [0.15, 0.2) is 24.3 Å². The quantitative estimate of drug-likeness (QED) is 0.164. The van der Waals surface area contributed by atoms with Crippen LogP contribution in [-0.2, 0) is 29.1 Å². The molecular weight excluding hydrogens is 496 g/mol. The highest BCUT2D eigenvalue weighted by Gasteiger charge is 2.33. The van der Waals surface area contributed by atoms with E-state index in [0.717, 1.165) is 75.6 Å². The van der Waals surface area contributed by atoms with E-state index < -0.39 is 0 Å². The minimum atomic E-state index is -0.280. The average molecular weight is 553 g/mol. The number of nitrogens with zero attached hydrogens (tertiary/aromatic N) is 1. The molecule has 8 heteroatoms. The number of hydrogen-bond donors (Lipinski definition) is 1. The Kier molecular flexibility index (Phi) is 15.5. The van der Waals surface area contributed by atoms with Crippen LogP contribution < -0.4 is 5.32 Å². The number of likely N-dealkylation sites (tertiary alicyclic amines) is 1. The zero-order valence-corrected chi connectivity index (χ0v) is 26.0. The van der Waals surface area contributed by atoms with Gasteiger partial charge in [0.15, 0.2) is 0 Å². The van der Waals surface area contributed by atoms with Crippen LogP contribution in [0.5, 0.6) is 0 Å². The lowest BCUT2D eigenvalue weighted by Gasteiger charge is -2.36. The third kappa shape index (κ3) is 13.4. The Morgan fingerprint density at radius 2 is 1.21 bits per heavy atom. The topological polar surface area (TPSA) is 86.3 Å². The maximum Gasteiger partial charge on any atom is 0.228 e. The largest absolute Gasteiger partial charge is 0.353 e. The van der Waals surface area contributed by atoms with E-state index in [1.807, 2.05) is 53.4 Å². The molecule has 0 aromatic rings. The van der Waals surface area contributed by atoms with Gasteiger partial charge in [0, 0.05) is 30.0 Å². The Morgan fingerprint density at radius 3 is 1.62 bits per heavy atom. The Morgan fingerprint density at radius 1 is 0.769 bits per heavy atom. The number of rotatable bonds is 13. The van der Waals surface area contributed by atoms with Gasteiger partial charge in [-0.15, -0.1) is 0 Å². The zero-order valence-electron chi connectivity index (χ0n) is 26.0. The Balaban J connectivity index is 0.000000391. The van der Waals surface area contributed by atoms with Gasteiger partial charge in [0.05, 0.1) is 12.2 Å². The summed E-state index contributed by atoms with van der Waals surface area (Å²) in [6, 6.07) is 0.273. The van der Waals surface area contributed by atoms with E-state index in [0.29, 0.717) is 13.2 Å². The van der Waals surface area contributed by atoms with Gasteiger partial charge in [-0.05, 0) is 65.2 Å². The van der Waals surface area contributed by atoms with Gasteiger partial charge in [0.2, 0.25) is 11.8 Å². The summed E-state index contributed by atoms with van der Waals surface area (Å²) in [5.41, 5.74) is 1.35. The average Bonchev–Trinajstić information content (AvgIpc) is 2.89. The number of carbonyl (C=O) groups excluding carboxylic acids is 2. The van der Waals surface area contributed by atoms with Crippen LogP contribution in [0.3, 0.4) is 0 Å². The normalized spacial score (nSPS) is 20.6. The molecule has 0 bridgehead atoms. The fraction of sp³-hybridized carbons (Fsp3) is 0.806. The lowest BCUT2D eigenvalue weighted by atomic mass is 9.87. The zero-order chi connectivity index (χ0) is 29.6. The highest BCUT2D eigenvalue weighted by Crippen LogP contribution is 2.26. The molecule has 1 heterocycles. The predicted octanol–water partition coefficient (Wildman–Crippen LogP) is 6.31. The molecule has 2 rings (SSSR count). The Bertz CT molecular complexity index is 778. The fourth-order valence-electron chi connectivity index (χ4n) is 4.04. The van der Waals surface area contributed by atoms with Crippen molar-refractivity contribution in [1.82, 2.24) is 10.2 Å². The van der Waals surface area contributed by atoms with Crippen LogP contribution in [-0.4, -0.2) is 61.3 Å². The number of hydrogen-bond acceptors (Lipinski definition) is 6. The summed E-state index contributed by atoms with van der Waals surface area (Å²) in [4.78, 5) is 47.3. The first-order valence-electron chi connectivity index (χ1n) is 14.7. The summed E-state index contributed by atoms with van der Waals surface area (Å²) in [5.74, 6) is 0.402. The van der Waals surface area contributed by atoms with Crippen LogP contribution in [0, 0.1) is 10.8 Å². The van der Waals surface area contributed by atoms with Crippen LogP contribution in [0.4, 0.5) is 0 Å². The van der Waals surface area contributed by atoms with Crippen LogP contribution in [0.2, 0.25) is 0 Å². The molecule has 1 aliphatic carbocycles. The maximum absolute atomic E-state index is 12.3. The molecule has 2 aliphatic rings. The summed E-state index contributed by atoms with van der Waals surface area (Å²) in [5, 5.41) is 3.16. The van der Waals surface area contributed by atoms with E-state index in [1.165, 1.54) is 0 Å². The first-order chi connectivity index (χ1) is 18.2. The number of piperidine rings is 1. The van der Waals surface area contributed by atoms with E-state index in [1.54, 1.807) is 0 Å². The molecule has 226 valence electrons. The molecule has 0 atom stereocenters.